The van der Waals surface area contributed by atoms with Gasteiger partial charge in [-0.2, -0.15) is 0 Å². The monoisotopic (exact) mass is 661 g/mol. The zero-order chi connectivity index (χ0) is 34.4. The lowest BCUT2D eigenvalue weighted by molar-refractivity contribution is 1.08. The molecule has 0 spiro atoms. The molecule has 1 heterocycles. The fraction of sp³-hybridized carbons (Fsp3) is 0. The molecule has 0 N–H and O–H groups in total. The Labute approximate surface area is 301 Å². The summed E-state index contributed by atoms with van der Waals surface area (Å²) in [5.74, 6) is 1.95. The molecule has 9 aromatic carbocycles. The van der Waals surface area contributed by atoms with Gasteiger partial charge in [0.2, 0.25) is 0 Å². The molecule has 0 aliphatic rings. The summed E-state index contributed by atoms with van der Waals surface area (Å²) in [5, 5.41) is 9.45. The maximum atomic E-state index is 5.09. The second kappa shape index (κ2) is 12.4. The molecule has 0 saturated carbocycles. The Morgan fingerprint density at radius 3 is 1.12 bits per heavy atom. The third kappa shape index (κ3) is 5.37. The summed E-state index contributed by atoms with van der Waals surface area (Å²) < 4.78 is 0. The quantitative estimate of drug-likeness (QED) is 0.184. The number of benzene rings is 9. The van der Waals surface area contributed by atoms with Gasteiger partial charge in [-0.25, -0.2) is 15.0 Å². The summed E-state index contributed by atoms with van der Waals surface area (Å²) in [6.07, 6.45) is 0. The summed E-state index contributed by atoms with van der Waals surface area (Å²) >= 11 is 0. The molecule has 0 bridgehead atoms. The lowest BCUT2D eigenvalue weighted by atomic mass is 9.90. The highest BCUT2D eigenvalue weighted by Crippen LogP contribution is 2.38. The molecular formula is C49H31N3. The molecule has 0 radical (unpaired) electrons. The van der Waals surface area contributed by atoms with Gasteiger partial charge in [0, 0.05) is 16.7 Å². The van der Waals surface area contributed by atoms with Crippen molar-refractivity contribution in [3.8, 4) is 56.4 Å². The first-order valence-corrected chi connectivity index (χ1v) is 17.6. The van der Waals surface area contributed by atoms with Crippen LogP contribution in [0.5, 0.6) is 0 Å². The highest BCUT2D eigenvalue weighted by Gasteiger charge is 2.15. The van der Waals surface area contributed by atoms with E-state index in [1.807, 2.05) is 0 Å². The molecule has 0 atom stereocenters. The Kier molecular flexibility index (Phi) is 7.14. The molecule has 10 aromatic rings. The van der Waals surface area contributed by atoms with Crippen molar-refractivity contribution in [3.05, 3.63) is 188 Å². The van der Waals surface area contributed by atoms with Gasteiger partial charge in [-0.05, 0) is 89.6 Å². The third-order valence-electron chi connectivity index (χ3n) is 10.0. The van der Waals surface area contributed by atoms with E-state index in [0.717, 1.165) is 38.2 Å². The van der Waals surface area contributed by atoms with Crippen LogP contribution >= 0.6 is 0 Å². The van der Waals surface area contributed by atoms with Crippen LogP contribution in [0.15, 0.2) is 188 Å². The van der Waals surface area contributed by atoms with E-state index in [1.54, 1.807) is 0 Å². The van der Waals surface area contributed by atoms with Crippen molar-refractivity contribution in [1.82, 2.24) is 15.0 Å². The Bertz CT molecular complexity index is 2860. The number of hydrogen-bond acceptors (Lipinski definition) is 3. The Morgan fingerprint density at radius 1 is 0.231 bits per heavy atom. The lowest BCUT2D eigenvalue weighted by Gasteiger charge is -2.14. The molecule has 0 fully saturated rings. The predicted molar refractivity (Wildman–Crippen MR) is 217 cm³/mol. The van der Waals surface area contributed by atoms with Crippen LogP contribution in [0.1, 0.15) is 0 Å². The van der Waals surface area contributed by atoms with E-state index in [-0.39, 0.29) is 0 Å². The van der Waals surface area contributed by atoms with E-state index in [2.05, 4.69) is 188 Å². The number of nitrogens with zero attached hydrogens (tertiary/aromatic N) is 3. The zero-order valence-corrected chi connectivity index (χ0v) is 28.2. The average Bonchev–Trinajstić information content (AvgIpc) is 3.22. The average molecular weight is 662 g/mol. The topological polar surface area (TPSA) is 38.7 Å². The van der Waals surface area contributed by atoms with Crippen LogP contribution in [-0.4, -0.2) is 15.0 Å². The highest BCUT2D eigenvalue weighted by atomic mass is 15.0. The van der Waals surface area contributed by atoms with E-state index in [4.69, 9.17) is 15.0 Å². The maximum Gasteiger partial charge on any atom is 0.164 e. The van der Waals surface area contributed by atoms with Gasteiger partial charge in [0.25, 0.3) is 0 Å². The molecule has 0 amide bonds. The molecule has 0 aliphatic heterocycles. The van der Waals surface area contributed by atoms with Crippen LogP contribution in [0.2, 0.25) is 0 Å². The molecule has 0 unspecified atom stereocenters. The summed E-state index contributed by atoms with van der Waals surface area (Å²) in [5.41, 5.74) is 7.73. The molecule has 0 saturated heterocycles. The molecule has 3 nitrogen and oxygen atoms in total. The minimum Gasteiger partial charge on any atom is -0.208 e. The SMILES string of the molecule is c1ccc(-c2cccc3cccc(-c4ccc5cc(-c6nc(-c7ccc8ccccc8c7)nc(-c7ccc8ccccc8c7)n6)ccc5c4)c23)cc1. The number of hydrogen-bond donors (Lipinski definition) is 0. The van der Waals surface area contributed by atoms with Gasteiger partial charge in [-0.3, -0.25) is 0 Å². The van der Waals surface area contributed by atoms with Crippen molar-refractivity contribution in [2.45, 2.75) is 0 Å². The Morgan fingerprint density at radius 2 is 0.596 bits per heavy atom. The minimum absolute atomic E-state index is 0.647. The Balaban J connectivity index is 1.10. The van der Waals surface area contributed by atoms with E-state index in [9.17, 15) is 0 Å². The lowest BCUT2D eigenvalue weighted by Crippen LogP contribution is -2.00. The van der Waals surface area contributed by atoms with Crippen molar-refractivity contribution in [2.75, 3.05) is 0 Å². The van der Waals surface area contributed by atoms with Crippen molar-refractivity contribution in [1.29, 1.82) is 0 Å². The van der Waals surface area contributed by atoms with Crippen molar-refractivity contribution in [3.63, 3.8) is 0 Å². The van der Waals surface area contributed by atoms with Crippen LogP contribution in [-0.2, 0) is 0 Å². The highest BCUT2D eigenvalue weighted by molar-refractivity contribution is 6.07. The van der Waals surface area contributed by atoms with Gasteiger partial charge in [0.1, 0.15) is 0 Å². The first-order valence-electron chi connectivity index (χ1n) is 17.6. The molecular weight excluding hydrogens is 631 g/mol. The van der Waals surface area contributed by atoms with E-state index in [0.29, 0.717) is 17.5 Å². The van der Waals surface area contributed by atoms with Crippen LogP contribution in [0.3, 0.4) is 0 Å². The Hall–Kier alpha value is -6.97. The van der Waals surface area contributed by atoms with Crippen LogP contribution in [0.25, 0.3) is 99.5 Å². The van der Waals surface area contributed by atoms with Gasteiger partial charge < -0.3 is 0 Å². The first-order chi connectivity index (χ1) is 25.7. The van der Waals surface area contributed by atoms with Gasteiger partial charge >= 0.3 is 0 Å². The van der Waals surface area contributed by atoms with Crippen molar-refractivity contribution >= 4 is 43.1 Å². The van der Waals surface area contributed by atoms with E-state index in [1.165, 1.54) is 43.8 Å². The molecule has 242 valence electrons. The van der Waals surface area contributed by atoms with Crippen molar-refractivity contribution in [2.24, 2.45) is 0 Å². The standard InChI is InChI=1S/C49H31N3/c1-2-12-34(13-3-1)44-18-8-16-35-17-9-19-45(46(35)44)40-24-22-39-31-43(27-23-38(39)28-40)49-51-47(41-25-20-32-10-4-6-14-36(32)29-41)50-48(52-49)42-26-21-33-11-5-7-15-37(33)30-42/h1-31H. The largest absolute Gasteiger partial charge is 0.208 e. The van der Waals surface area contributed by atoms with Crippen LogP contribution in [0, 0.1) is 0 Å². The smallest absolute Gasteiger partial charge is 0.164 e. The molecule has 3 heteroatoms. The summed E-state index contributed by atoms with van der Waals surface area (Å²) in [6.45, 7) is 0. The van der Waals surface area contributed by atoms with Crippen molar-refractivity contribution < 1.29 is 0 Å². The van der Waals surface area contributed by atoms with E-state index >= 15 is 0 Å². The molecule has 1 aromatic heterocycles. The van der Waals surface area contributed by atoms with Gasteiger partial charge in [-0.1, -0.05) is 164 Å². The van der Waals surface area contributed by atoms with Gasteiger partial charge in [0.15, 0.2) is 17.5 Å². The van der Waals surface area contributed by atoms with E-state index < -0.39 is 0 Å². The predicted octanol–water partition coefficient (Wildman–Crippen LogP) is 12.8. The second-order valence-corrected chi connectivity index (χ2v) is 13.3. The van der Waals surface area contributed by atoms with Gasteiger partial charge in [0.05, 0.1) is 0 Å². The fourth-order valence-electron chi connectivity index (χ4n) is 7.41. The number of aromatic nitrogens is 3. The normalized spacial score (nSPS) is 11.5. The van der Waals surface area contributed by atoms with Crippen LogP contribution < -0.4 is 0 Å². The summed E-state index contributed by atoms with van der Waals surface area (Å²) in [4.78, 5) is 15.2. The number of rotatable bonds is 5. The molecule has 0 aliphatic carbocycles. The first kappa shape index (κ1) is 29.9. The molecule has 10 rings (SSSR count). The van der Waals surface area contributed by atoms with Crippen LogP contribution in [0.4, 0.5) is 0 Å². The fourth-order valence-corrected chi connectivity index (χ4v) is 7.41. The second-order valence-electron chi connectivity index (χ2n) is 13.3. The maximum absolute atomic E-state index is 5.09. The molecule has 52 heavy (non-hydrogen) atoms. The number of fused-ring (bicyclic) bond motifs is 4. The zero-order valence-electron chi connectivity index (χ0n) is 28.2. The summed E-state index contributed by atoms with van der Waals surface area (Å²) in [7, 11) is 0. The minimum atomic E-state index is 0.647. The summed E-state index contributed by atoms with van der Waals surface area (Å²) in [6, 6.07) is 66.6. The third-order valence-corrected chi connectivity index (χ3v) is 10.0. The van der Waals surface area contributed by atoms with Gasteiger partial charge in [-0.15, -0.1) is 0 Å².